The lowest BCUT2D eigenvalue weighted by molar-refractivity contribution is -0.123. The van der Waals surface area contributed by atoms with Crippen molar-refractivity contribution in [3.63, 3.8) is 0 Å². The molecule has 0 radical (unpaired) electrons. The average Bonchev–Trinajstić information content (AvgIpc) is 3.22. The number of carbonyl (C=O) groups is 2. The SMILES string of the molecule is O=C(Cc1ccc2c(c1)CCO2)NCCNC(=O)CC1CCCC1. The second-order valence-electron chi connectivity index (χ2n) is 6.77. The molecule has 1 saturated carbocycles. The van der Waals surface area contributed by atoms with E-state index in [2.05, 4.69) is 10.6 Å². The highest BCUT2D eigenvalue weighted by Gasteiger charge is 2.18. The average molecular weight is 330 g/mol. The molecule has 2 N–H and O–H groups in total. The van der Waals surface area contributed by atoms with Crippen molar-refractivity contribution in [2.45, 2.75) is 44.9 Å². The molecule has 5 heteroatoms. The largest absolute Gasteiger partial charge is 0.493 e. The maximum Gasteiger partial charge on any atom is 0.224 e. The van der Waals surface area contributed by atoms with Gasteiger partial charge in [-0.3, -0.25) is 9.59 Å². The van der Waals surface area contributed by atoms with Gasteiger partial charge in [-0.2, -0.15) is 0 Å². The molecule has 0 unspecified atom stereocenters. The molecule has 24 heavy (non-hydrogen) atoms. The Hall–Kier alpha value is -2.04. The quantitative estimate of drug-likeness (QED) is 0.751. The molecule has 0 spiro atoms. The molecular weight excluding hydrogens is 304 g/mol. The van der Waals surface area contributed by atoms with Crippen molar-refractivity contribution in [1.82, 2.24) is 10.6 Å². The second-order valence-corrected chi connectivity index (χ2v) is 6.77. The molecule has 0 saturated heterocycles. The van der Waals surface area contributed by atoms with Crippen molar-refractivity contribution in [2.75, 3.05) is 19.7 Å². The van der Waals surface area contributed by atoms with Crippen LogP contribution in [0.2, 0.25) is 0 Å². The van der Waals surface area contributed by atoms with Gasteiger partial charge in [-0.15, -0.1) is 0 Å². The van der Waals surface area contributed by atoms with Gasteiger partial charge in [0.15, 0.2) is 0 Å². The van der Waals surface area contributed by atoms with Gasteiger partial charge in [-0.25, -0.2) is 0 Å². The zero-order valence-electron chi connectivity index (χ0n) is 14.1. The van der Waals surface area contributed by atoms with Crippen LogP contribution in [-0.2, 0) is 22.4 Å². The van der Waals surface area contributed by atoms with Crippen LogP contribution in [0, 0.1) is 5.92 Å². The first kappa shape index (κ1) is 16.8. The van der Waals surface area contributed by atoms with Crippen molar-refractivity contribution in [1.29, 1.82) is 0 Å². The molecule has 130 valence electrons. The lowest BCUT2D eigenvalue weighted by Crippen LogP contribution is -2.35. The van der Waals surface area contributed by atoms with Crippen LogP contribution in [0.4, 0.5) is 0 Å². The summed E-state index contributed by atoms with van der Waals surface area (Å²) >= 11 is 0. The van der Waals surface area contributed by atoms with Gasteiger partial charge >= 0.3 is 0 Å². The van der Waals surface area contributed by atoms with Crippen LogP contribution in [0.15, 0.2) is 18.2 Å². The molecule has 1 aliphatic carbocycles. The number of hydrogen-bond donors (Lipinski definition) is 2. The number of ether oxygens (including phenoxy) is 1. The first-order chi connectivity index (χ1) is 11.7. The number of amides is 2. The molecule has 2 amide bonds. The third-order valence-electron chi connectivity index (χ3n) is 4.84. The number of fused-ring (bicyclic) bond motifs is 1. The van der Waals surface area contributed by atoms with Gasteiger partial charge in [0.05, 0.1) is 13.0 Å². The molecule has 3 rings (SSSR count). The molecule has 0 aromatic heterocycles. The second kappa shape index (κ2) is 8.18. The lowest BCUT2D eigenvalue weighted by Gasteiger charge is -2.10. The van der Waals surface area contributed by atoms with Gasteiger partial charge in [0.1, 0.15) is 5.75 Å². The third kappa shape index (κ3) is 4.73. The Morgan fingerprint density at radius 3 is 2.62 bits per heavy atom. The fourth-order valence-electron chi connectivity index (χ4n) is 3.55. The summed E-state index contributed by atoms with van der Waals surface area (Å²) in [5, 5.41) is 5.76. The predicted molar refractivity (Wildman–Crippen MR) is 91.9 cm³/mol. The topological polar surface area (TPSA) is 67.4 Å². The van der Waals surface area contributed by atoms with Gasteiger partial charge in [0.2, 0.25) is 11.8 Å². The van der Waals surface area contributed by atoms with Crippen LogP contribution >= 0.6 is 0 Å². The standard InChI is InChI=1S/C19H26N2O3/c22-18(12-14-3-1-2-4-14)20-8-9-21-19(23)13-15-5-6-17-16(11-15)7-10-24-17/h5-6,11,14H,1-4,7-10,12-13H2,(H,20,22)(H,21,23). The van der Waals surface area contributed by atoms with Crippen molar-refractivity contribution < 1.29 is 14.3 Å². The summed E-state index contributed by atoms with van der Waals surface area (Å²) in [6.07, 6.45) is 6.77. The third-order valence-corrected chi connectivity index (χ3v) is 4.84. The van der Waals surface area contributed by atoms with Crippen LogP contribution in [0.25, 0.3) is 0 Å². The van der Waals surface area contributed by atoms with E-state index in [0.717, 1.165) is 24.3 Å². The lowest BCUT2D eigenvalue weighted by atomic mass is 10.0. The Morgan fingerprint density at radius 2 is 1.83 bits per heavy atom. The van der Waals surface area contributed by atoms with Crippen LogP contribution < -0.4 is 15.4 Å². The van der Waals surface area contributed by atoms with Crippen molar-refractivity contribution in [3.8, 4) is 5.75 Å². The van der Waals surface area contributed by atoms with E-state index in [0.29, 0.717) is 31.8 Å². The Labute approximate surface area is 143 Å². The minimum atomic E-state index is -0.0149. The molecule has 1 heterocycles. The Bertz CT molecular complexity index is 594. The first-order valence-corrected chi connectivity index (χ1v) is 8.99. The Morgan fingerprint density at radius 1 is 1.08 bits per heavy atom. The van der Waals surface area contributed by atoms with E-state index in [4.69, 9.17) is 4.74 Å². The summed E-state index contributed by atoms with van der Waals surface area (Å²) in [5.74, 6) is 1.58. The van der Waals surface area contributed by atoms with Gasteiger partial charge in [0, 0.05) is 25.9 Å². The molecule has 0 atom stereocenters. The van der Waals surface area contributed by atoms with Crippen molar-refractivity contribution in [3.05, 3.63) is 29.3 Å². The van der Waals surface area contributed by atoms with Crippen LogP contribution in [0.3, 0.4) is 0 Å². The summed E-state index contributed by atoms with van der Waals surface area (Å²) in [6.45, 7) is 1.70. The van der Waals surface area contributed by atoms with E-state index < -0.39 is 0 Å². The Kier molecular flexibility index (Phi) is 5.72. The molecule has 1 aromatic carbocycles. The highest BCUT2D eigenvalue weighted by Crippen LogP contribution is 2.27. The zero-order valence-corrected chi connectivity index (χ0v) is 14.1. The summed E-state index contributed by atoms with van der Waals surface area (Å²) in [5.41, 5.74) is 2.18. The minimum Gasteiger partial charge on any atom is -0.493 e. The summed E-state index contributed by atoms with van der Waals surface area (Å²) in [6, 6.07) is 5.92. The molecule has 2 aliphatic rings. The molecule has 5 nitrogen and oxygen atoms in total. The fraction of sp³-hybridized carbons (Fsp3) is 0.579. The Balaban J connectivity index is 1.31. The molecule has 1 aromatic rings. The molecule has 1 aliphatic heterocycles. The van der Waals surface area contributed by atoms with E-state index in [1.54, 1.807) is 0 Å². The highest BCUT2D eigenvalue weighted by atomic mass is 16.5. The maximum atomic E-state index is 12.0. The summed E-state index contributed by atoms with van der Waals surface area (Å²) in [4.78, 5) is 23.8. The van der Waals surface area contributed by atoms with Gasteiger partial charge in [-0.05, 0) is 36.0 Å². The molecule has 1 fully saturated rings. The maximum absolute atomic E-state index is 12.0. The van der Waals surface area contributed by atoms with Crippen molar-refractivity contribution >= 4 is 11.8 Å². The van der Waals surface area contributed by atoms with Gasteiger partial charge in [-0.1, -0.05) is 25.0 Å². The molecule has 0 bridgehead atoms. The van der Waals surface area contributed by atoms with Gasteiger partial charge < -0.3 is 15.4 Å². The monoisotopic (exact) mass is 330 g/mol. The number of hydrogen-bond acceptors (Lipinski definition) is 3. The van der Waals surface area contributed by atoms with Crippen LogP contribution in [-0.4, -0.2) is 31.5 Å². The predicted octanol–water partition coefficient (Wildman–Crippen LogP) is 1.98. The zero-order chi connectivity index (χ0) is 16.8. The van der Waals surface area contributed by atoms with Crippen molar-refractivity contribution in [2.24, 2.45) is 5.92 Å². The summed E-state index contributed by atoms with van der Waals surface area (Å²) in [7, 11) is 0. The van der Waals surface area contributed by atoms with Crippen LogP contribution in [0.1, 0.15) is 43.2 Å². The van der Waals surface area contributed by atoms with E-state index in [1.165, 1.54) is 31.2 Å². The number of rotatable bonds is 7. The molecular formula is C19H26N2O3. The van der Waals surface area contributed by atoms with Crippen LogP contribution in [0.5, 0.6) is 5.75 Å². The first-order valence-electron chi connectivity index (χ1n) is 8.99. The number of benzene rings is 1. The number of carbonyl (C=O) groups excluding carboxylic acids is 2. The van der Waals surface area contributed by atoms with E-state index >= 15 is 0 Å². The van der Waals surface area contributed by atoms with E-state index in [-0.39, 0.29) is 11.8 Å². The highest BCUT2D eigenvalue weighted by molar-refractivity contribution is 5.79. The smallest absolute Gasteiger partial charge is 0.224 e. The van der Waals surface area contributed by atoms with E-state index in [1.807, 2.05) is 18.2 Å². The normalized spacial score (nSPS) is 16.5. The fourth-order valence-corrected chi connectivity index (χ4v) is 3.55. The minimum absolute atomic E-state index is 0.0149. The number of nitrogens with one attached hydrogen (secondary N) is 2. The van der Waals surface area contributed by atoms with E-state index in [9.17, 15) is 9.59 Å². The van der Waals surface area contributed by atoms with Gasteiger partial charge in [0.25, 0.3) is 0 Å². The summed E-state index contributed by atoms with van der Waals surface area (Å²) < 4.78 is 5.47.